The molecule has 0 aromatic carbocycles. The molecular weight excluding hydrogens is 288 g/mol. The second-order valence-corrected chi connectivity index (χ2v) is 10.6. The molecular formula is C20H40O3. The first kappa shape index (κ1) is 22.4. The molecule has 0 amide bonds. The monoisotopic (exact) mass is 328 g/mol. The third kappa shape index (κ3) is 6.82. The Bertz CT molecular complexity index is 394. The van der Waals surface area contributed by atoms with Gasteiger partial charge in [0.05, 0.1) is 6.10 Å². The lowest BCUT2D eigenvalue weighted by molar-refractivity contribution is -0.158. The van der Waals surface area contributed by atoms with Gasteiger partial charge in [0.1, 0.15) is 6.10 Å². The quantitative estimate of drug-likeness (QED) is 0.681. The van der Waals surface area contributed by atoms with E-state index in [9.17, 15) is 9.90 Å². The second kappa shape index (κ2) is 7.13. The number of hydrogen-bond acceptors (Lipinski definition) is 3. The van der Waals surface area contributed by atoms with Crippen molar-refractivity contribution >= 4 is 5.97 Å². The van der Waals surface area contributed by atoms with Crippen molar-refractivity contribution in [3.8, 4) is 0 Å². The van der Waals surface area contributed by atoms with E-state index in [4.69, 9.17) is 4.74 Å². The Morgan fingerprint density at radius 1 is 0.913 bits per heavy atom. The number of ether oxygens (including phenoxy) is 1. The fourth-order valence-corrected chi connectivity index (χ4v) is 2.74. The number of carbonyl (C=O) groups excluding carboxylic acids is 1. The molecule has 0 saturated carbocycles. The Kier molecular flexibility index (Phi) is 6.95. The zero-order valence-electron chi connectivity index (χ0n) is 17.3. The van der Waals surface area contributed by atoms with E-state index in [1.807, 2.05) is 0 Å². The van der Waals surface area contributed by atoms with Gasteiger partial charge in [0.15, 0.2) is 0 Å². The molecule has 1 N–H and O–H groups in total. The first-order valence-corrected chi connectivity index (χ1v) is 8.75. The molecule has 138 valence electrons. The molecule has 0 aromatic rings. The molecule has 0 aliphatic carbocycles. The highest BCUT2D eigenvalue weighted by Crippen LogP contribution is 2.49. The van der Waals surface area contributed by atoms with E-state index in [0.29, 0.717) is 0 Å². The summed E-state index contributed by atoms with van der Waals surface area (Å²) in [4.78, 5) is 11.5. The number of esters is 1. The maximum absolute atomic E-state index is 11.5. The van der Waals surface area contributed by atoms with E-state index >= 15 is 0 Å². The van der Waals surface area contributed by atoms with Crippen LogP contribution >= 0.6 is 0 Å². The molecule has 0 rings (SSSR count). The van der Waals surface area contributed by atoms with Crippen molar-refractivity contribution in [2.75, 3.05) is 0 Å². The van der Waals surface area contributed by atoms with Crippen LogP contribution in [-0.2, 0) is 9.53 Å². The van der Waals surface area contributed by atoms with Crippen LogP contribution in [0.3, 0.4) is 0 Å². The SMILES string of the molecule is CC(=O)OC(CC(C)(C)C(C)(C)C(O)CC(C)(C)C)C(C)(C)C. The minimum absolute atomic E-state index is 0.0755. The third-order valence-electron chi connectivity index (χ3n) is 5.35. The molecule has 0 heterocycles. The van der Waals surface area contributed by atoms with Crippen LogP contribution in [0.15, 0.2) is 0 Å². The number of rotatable bonds is 6. The van der Waals surface area contributed by atoms with Crippen molar-refractivity contribution in [2.24, 2.45) is 21.7 Å². The van der Waals surface area contributed by atoms with Crippen LogP contribution < -0.4 is 0 Å². The van der Waals surface area contributed by atoms with Crippen molar-refractivity contribution in [3.63, 3.8) is 0 Å². The molecule has 0 spiro atoms. The minimum Gasteiger partial charge on any atom is -0.462 e. The van der Waals surface area contributed by atoms with Gasteiger partial charge in [-0.05, 0) is 34.5 Å². The van der Waals surface area contributed by atoms with E-state index in [-0.39, 0.29) is 33.7 Å². The van der Waals surface area contributed by atoms with Crippen LogP contribution in [0.1, 0.15) is 89.0 Å². The third-order valence-corrected chi connectivity index (χ3v) is 5.35. The molecule has 3 heteroatoms. The van der Waals surface area contributed by atoms with Gasteiger partial charge < -0.3 is 9.84 Å². The molecule has 0 aliphatic heterocycles. The van der Waals surface area contributed by atoms with Gasteiger partial charge in [-0.2, -0.15) is 0 Å². The van der Waals surface area contributed by atoms with Gasteiger partial charge in [0, 0.05) is 6.92 Å². The maximum atomic E-state index is 11.5. The average molecular weight is 329 g/mol. The summed E-state index contributed by atoms with van der Waals surface area (Å²) < 4.78 is 5.61. The highest BCUT2D eigenvalue weighted by molar-refractivity contribution is 5.66. The first-order valence-electron chi connectivity index (χ1n) is 8.75. The summed E-state index contributed by atoms with van der Waals surface area (Å²) >= 11 is 0. The highest BCUT2D eigenvalue weighted by Gasteiger charge is 2.46. The van der Waals surface area contributed by atoms with Gasteiger partial charge in [-0.1, -0.05) is 69.2 Å². The number of hydrogen-bond donors (Lipinski definition) is 1. The van der Waals surface area contributed by atoms with Gasteiger partial charge in [-0.3, -0.25) is 4.79 Å². The molecule has 0 bridgehead atoms. The van der Waals surface area contributed by atoms with Gasteiger partial charge in [-0.25, -0.2) is 0 Å². The van der Waals surface area contributed by atoms with E-state index in [1.165, 1.54) is 6.92 Å². The molecule has 0 aromatic heterocycles. The van der Waals surface area contributed by atoms with Gasteiger partial charge in [0.25, 0.3) is 0 Å². The normalized spacial score (nSPS) is 16.9. The van der Waals surface area contributed by atoms with Crippen molar-refractivity contribution in [3.05, 3.63) is 0 Å². The summed E-state index contributed by atoms with van der Waals surface area (Å²) in [5, 5.41) is 10.8. The Morgan fingerprint density at radius 2 is 1.35 bits per heavy atom. The zero-order valence-corrected chi connectivity index (χ0v) is 17.3. The van der Waals surface area contributed by atoms with Crippen molar-refractivity contribution < 1.29 is 14.6 Å². The van der Waals surface area contributed by atoms with E-state index in [0.717, 1.165) is 12.8 Å². The molecule has 3 nitrogen and oxygen atoms in total. The van der Waals surface area contributed by atoms with Crippen LogP contribution in [0.25, 0.3) is 0 Å². The smallest absolute Gasteiger partial charge is 0.302 e. The molecule has 2 atom stereocenters. The van der Waals surface area contributed by atoms with Crippen molar-refractivity contribution in [1.29, 1.82) is 0 Å². The topological polar surface area (TPSA) is 46.5 Å². The lowest BCUT2D eigenvalue weighted by Gasteiger charge is -2.49. The Labute approximate surface area is 144 Å². The summed E-state index contributed by atoms with van der Waals surface area (Å²) in [6.07, 6.45) is 0.896. The highest BCUT2D eigenvalue weighted by atomic mass is 16.5. The number of aliphatic hydroxyl groups excluding tert-OH is 1. The number of aliphatic hydroxyl groups is 1. The van der Waals surface area contributed by atoms with E-state index in [1.54, 1.807) is 0 Å². The second-order valence-electron chi connectivity index (χ2n) is 10.6. The standard InChI is InChI=1S/C20H40O3/c1-14(21)23-16(18(5,6)7)13-19(8,9)20(10,11)15(22)12-17(2,3)4/h15-16,22H,12-13H2,1-11H3. The summed E-state index contributed by atoms with van der Waals surface area (Å²) in [6.45, 7) is 22.8. The summed E-state index contributed by atoms with van der Waals surface area (Å²) in [6, 6.07) is 0. The van der Waals surface area contributed by atoms with Crippen molar-refractivity contribution in [2.45, 2.75) is 101 Å². The Balaban J connectivity index is 5.37. The summed E-state index contributed by atoms with van der Waals surface area (Å²) in [5.74, 6) is -0.242. The minimum atomic E-state index is -0.407. The Morgan fingerprint density at radius 3 is 1.65 bits per heavy atom. The fourth-order valence-electron chi connectivity index (χ4n) is 2.74. The average Bonchev–Trinajstić information content (AvgIpc) is 2.22. The van der Waals surface area contributed by atoms with E-state index < -0.39 is 6.10 Å². The zero-order chi connectivity index (χ0) is 18.9. The molecule has 23 heavy (non-hydrogen) atoms. The predicted molar refractivity (Wildman–Crippen MR) is 97.3 cm³/mol. The summed E-state index contributed by atoms with van der Waals surface area (Å²) in [7, 11) is 0. The van der Waals surface area contributed by atoms with Crippen LogP contribution in [0.5, 0.6) is 0 Å². The molecule has 0 aliphatic rings. The van der Waals surface area contributed by atoms with Gasteiger partial charge in [0.2, 0.25) is 0 Å². The molecule has 2 unspecified atom stereocenters. The number of carbonyl (C=O) groups is 1. The lowest BCUT2D eigenvalue weighted by Crippen LogP contribution is -2.47. The fraction of sp³-hybridized carbons (Fsp3) is 0.950. The van der Waals surface area contributed by atoms with Crippen molar-refractivity contribution in [1.82, 2.24) is 0 Å². The van der Waals surface area contributed by atoms with Crippen LogP contribution in [0.4, 0.5) is 0 Å². The van der Waals surface area contributed by atoms with Crippen LogP contribution in [-0.4, -0.2) is 23.3 Å². The van der Waals surface area contributed by atoms with E-state index in [2.05, 4.69) is 69.2 Å². The van der Waals surface area contributed by atoms with Gasteiger partial charge in [-0.15, -0.1) is 0 Å². The lowest BCUT2D eigenvalue weighted by atomic mass is 9.59. The largest absolute Gasteiger partial charge is 0.462 e. The molecule has 0 saturated heterocycles. The summed E-state index contributed by atoms with van der Waals surface area (Å²) in [5.41, 5.74) is -0.519. The predicted octanol–water partition coefficient (Wildman–Crippen LogP) is 5.20. The molecule has 0 fully saturated rings. The van der Waals surface area contributed by atoms with Crippen LogP contribution in [0.2, 0.25) is 0 Å². The van der Waals surface area contributed by atoms with Gasteiger partial charge >= 0.3 is 5.97 Å². The maximum Gasteiger partial charge on any atom is 0.302 e. The first-order chi connectivity index (χ1) is 9.90. The molecule has 0 radical (unpaired) electrons. The Hall–Kier alpha value is -0.570. The van der Waals surface area contributed by atoms with Crippen LogP contribution in [0, 0.1) is 21.7 Å².